The minimum atomic E-state index is -0.613. The first-order chi connectivity index (χ1) is 12.7. The molecule has 0 spiro atoms. The van der Waals surface area contributed by atoms with E-state index in [0.717, 1.165) is 24.6 Å². The van der Waals surface area contributed by atoms with E-state index in [-0.39, 0.29) is 11.3 Å². The van der Waals surface area contributed by atoms with E-state index in [1.165, 1.54) is 0 Å². The van der Waals surface area contributed by atoms with Gasteiger partial charge in [-0.25, -0.2) is 4.79 Å². The minimum Gasteiger partial charge on any atom is -0.506 e. The lowest BCUT2D eigenvalue weighted by molar-refractivity contribution is 0.0731. The Hall–Kier alpha value is -3.01. The van der Waals surface area contributed by atoms with E-state index in [1.807, 2.05) is 24.3 Å². The van der Waals surface area contributed by atoms with Crippen LogP contribution < -0.4 is 9.47 Å². The van der Waals surface area contributed by atoms with Crippen molar-refractivity contribution in [3.63, 3.8) is 0 Å². The molecule has 0 aliphatic carbocycles. The number of phenolic OH excluding ortho intramolecular Hbond substituents is 1. The second-order valence-electron chi connectivity index (χ2n) is 6.07. The summed E-state index contributed by atoms with van der Waals surface area (Å²) in [6.07, 6.45) is 3.13. The number of unbranched alkanes of at least 4 members (excludes halogenated alkanes) is 2. The van der Waals surface area contributed by atoms with Gasteiger partial charge in [0.1, 0.15) is 22.8 Å². The van der Waals surface area contributed by atoms with Crippen LogP contribution in [0.25, 0.3) is 10.8 Å². The summed E-state index contributed by atoms with van der Waals surface area (Å²) in [6.45, 7) is 2.70. The van der Waals surface area contributed by atoms with Crippen LogP contribution in [-0.4, -0.2) is 17.7 Å². The second kappa shape index (κ2) is 8.39. The lowest BCUT2D eigenvalue weighted by Crippen LogP contribution is -2.10. The van der Waals surface area contributed by atoms with E-state index in [2.05, 4.69) is 6.92 Å². The molecular formula is C22H22O4. The smallest absolute Gasteiger partial charge is 0.347 e. The maximum Gasteiger partial charge on any atom is 0.347 e. The van der Waals surface area contributed by atoms with Gasteiger partial charge >= 0.3 is 5.97 Å². The fourth-order valence-corrected chi connectivity index (χ4v) is 2.79. The molecule has 134 valence electrons. The zero-order valence-corrected chi connectivity index (χ0v) is 14.8. The molecule has 0 aliphatic rings. The van der Waals surface area contributed by atoms with Crippen molar-refractivity contribution in [2.24, 2.45) is 0 Å². The largest absolute Gasteiger partial charge is 0.506 e. The molecule has 3 aromatic carbocycles. The highest BCUT2D eigenvalue weighted by molar-refractivity contribution is 6.04. The maximum atomic E-state index is 12.6. The number of hydrogen-bond donors (Lipinski definition) is 1. The van der Waals surface area contributed by atoms with E-state index in [0.29, 0.717) is 23.5 Å². The summed E-state index contributed by atoms with van der Waals surface area (Å²) in [5.74, 6) is 0.297. The van der Waals surface area contributed by atoms with E-state index < -0.39 is 5.97 Å². The summed E-state index contributed by atoms with van der Waals surface area (Å²) >= 11 is 0. The lowest BCUT2D eigenvalue weighted by atomic mass is 10.0. The Bertz CT molecular complexity index is 887. The molecule has 4 heteroatoms. The number of fused-ring (bicyclic) bond motifs is 1. The molecule has 1 N–H and O–H groups in total. The van der Waals surface area contributed by atoms with Crippen molar-refractivity contribution >= 4 is 16.7 Å². The highest BCUT2D eigenvalue weighted by Gasteiger charge is 2.19. The quantitative estimate of drug-likeness (QED) is 0.355. The van der Waals surface area contributed by atoms with Gasteiger partial charge in [-0.1, -0.05) is 62.2 Å². The van der Waals surface area contributed by atoms with Gasteiger partial charge in [-0.2, -0.15) is 0 Å². The Balaban J connectivity index is 1.94. The average molecular weight is 350 g/mol. The van der Waals surface area contributed by atoms with Crippen LogP contribution in [0.2, 0.25) is 0 Å². The number of para-hydroxylation sites is 1. The van der Waals surface area contributed by atoms with Gasteiger partial charge in [0.15, 0.2) is 0 Å². The van der Waals surface area contributed by atoms with Crippen LogP contribution in [-0.2, 0) is 0 Å². The molecule has 0 fully saturated rings. The summed E-state index contributed by atoms with van der Waals surface area (Å²) < 4.78 is 11.3. The zero-order chi connectivity index (χ0) is 18.4. The van der Waals surface area contributed by atoms with Gasteiger partial charge in [-0.05, 0) is 24.6 Å². The molecule has 0 heterocycles. The maximum absolute atomic E-state index is 12.6. The van der Waals surface area contributed by atoms with Crippen LogP contribution in [0.5, 0.6) is 17.2 Å². The van der Waals surface area contributed by atoms with Crippen LogP contribution in [0.4, 0.5) is 0 Å². The van der Waals surface area contributed by atoms with E-state index in [1.54, 1.807) is 36.4 Å². The van der Waals surface area contributed by atoms with Crippen molar-refractivity contribution in [1.29, 1.82) is 0 Å². The molecule has 0 aliphatic heterocycles. The lowest BCUT2D eigenvalue weighted by Gasteiger charge is -2.14. The van der Waals surface area contributed by atoms with Crippen LogP contribution >= 0.6 is 0 Å². The number of phenols is 1. The first-order valence-electron chi connectivity index (χ1n) is 8.85. The number of ether oxygens (including phenoxy) is 2. The van der Waals surface area contributed by atoms with Crippen molar-refractivity contribution in [3.05, 3.63) is 66.2 Å². The number of benzene rings is 3. The van der Waals surface area contributed by atoms with Gasteiger partial charge in [0, 0.05) is 10.8 Å². The molecule has 0 atom stereocenters. The number of carbonyl (C=O) groups excluding carboxylic acids is 1. The van der Waals surface area contributed by atoms with Gasteiger partial charge in [-0.3, -0.25) is 0 Å². The monoisotopic (exact) mass is 350 g/mol. The first-order valence-corrected chi connectivity index (χ1v) is 8.85. The predicted molar refractivity (Wildman–Crippen MR) is 102 cm³/mol. The molecule has 26 heavy (non-hydrogen) atoms. The van der Waals surface area contributed by atoms with E-state index >= 15 is 0 Å². The summed E-state index contributed by atoms with van der Waals surface area (Å²) in [6, 6.07) is 17.7. The highest BCUT2D eigenvalue weighted by Crippen LogP contribution is 2.36. The van der Waals surface area contributed by atoms with Gasteiger partial charge < -0.3 is 14.6 Å². The van der Waals surface area contributed by atoms with Gasteiger partial charge in [-0.15, -0.1) is 0 Å². The first kappa shape index (κ1) is 17.8. The van der Waals surface area contributed by atoms with Gasteiger partial charge in [0.25, 0.3) is 0 Å². The molecule has 0 bridgehead atoms. The molecule has 0 aromatic heterocycles. The highest BCUT2D eigenvalue weighted by atomic mass is 16.5. The zero-order valence-electron chi connectivity index (χ0n) is 14.8. The fraction of sp³-hybridized carbons (Fsp3) is 0.227. The molecule has 0 saturated heterocycles. The second-order valence-corrected chi connectivity index (χ2v) is 6.07. The van der Waals surface area contributed by atoms with Gasteiger partial charge in [0.2, 0.25) is 0 Å². The number of rotatable bonds is 7. The summed E-state index contributed by atoms with van der Waals surface area (Å²) in [5, 5.41) is 11.9. The predicted octanol–water partition coefficient (Wildman–Crippen LogP) is 5.33. The van der Waals surface area contributed by atoms with Crippen molar-refractivity contribution in [2.75, 3.05) is 6.61 Å². The van der Waals surface area contributed by atoms with Gasteiger partial charge in [0.05, 0.1) is 6.61 Å². The number of esters is 1. The molecule has 0 radical (unpaired) electrons. The molecule has 0 amide bonds. The van der Waals surface area contributed by atoms with E-state index in [9.17, 15) is 9.90 Å². The molecular weight excluding hydrogens is 328 g/mol. The van der Waals surface area contributed by atoms with Crippen LogP contribution in [0, 0.1) is 0 Å². The topological polar surface area (TPSA) is 55.8 Å². The number of aromatic hydroxyl groups is 1. The van der Waals surface area contributed by atoms with Crippen LogP contribution in [0.1, 0.15) is 36.5 Å². The Morgan fingerprint density at radius 1 is 0.962 bits per heavy atom. The molecule has 3 aromatic rings. The third kappa shape index (κ3) is 3.97. The number of carbonyl (C=O) groups is 1. The standard InChI is InChI=1S/C22H22O4/c1-2-3-9-14-25-20-15-19(21(23)18-13-8-7-12-17(18)20)22(24)26-16-10-5-4-6-11-16/h4-8,10-13,15,23H,2-3,9,14H2,1H3. The molecule has 0 saturated carbocycles. The van der Waals surface area contributed by atoms with Crippen LogP contribution in [0.3, 0.4) is 0 Å². The molecule has 4 nitrogen and oxygen atoms in total. The van der Waals surface area contributed by atoms with Crippen LogP contribution in [0.15, 0.2) is 60.7 Å². The SMILES string of the molecule is CCCCCOc1cc(C(=O)Oc2ccccc2)c(O)c2ccccc12. The van der Waals surface area contributed by atoms with Crippen molar-refractivity contribution in [2.45, 2.75) is 26.2 Å². The van der Waals surface area contributed by atoms with Crippen molar-refractivity contribution < 1.29 is 19.4 Å². The third-order valence-corrected chi connectivity index (χ3v) is 4.16. The third-order valence-electron chi connectivity index (χ3n) is 4.16. The summed E-state index contributed by atoms with van der Waals surface area (Å²) in [4.78, 5) is 12.6. The minimum absolute atomic E-state index is 0.0950. The molecule has 3 rings (SSSR count). The Kier molecular flexibility index (Phi) is 5.74. The average Bonchev–Trinajstić information content (AvgIpc) is 2.67. The normalized spacial score (nSPS) is 10.7. The molecule has 0 unspecified atom stereocenters. The van der Waals surface area contributed by atoms with E-state index in [4.69, 9.17) is 9.47 Å². The summed E-state index contributed by atoms with van der Waals surface area (Å²) in [7, 11) is 0. The Morgan fingerprint density at radius 2 is 1.65 bits per heavy atom. The number of hydrogen-bond acceptors (Lipinski definition) is 4. The van der Waals surface area contributed by atoms with Crippen molar-refractivity contribution in [3.8, 4) is 17.2 Å². The fourth-order valence-electron chi connectivity index (χ4n) is 2.79. The Morgan fingerprint density at radius 3 is 2.38 bits per heavy atom. The van der Waals surface area contributed by atoms with Crippen molar-refractivity contribution in [1.82, 2.24) is 0 Å². The summed E-state index contributed by atoms with van der Waals surface area (Å²) in [5.41, 5.74) is 0.0954. The Labute approximate surface area is 153 Å².